The molecular formula is C17H22N4O3S. The van der Waals surface area contributed by atoms with Gasteiger partial charge in [0, 0.05) is 26.2 Å². The maximum atomic E-state index is 12.7. The monoisotopic (exact) mass is 362 g/mol. The molecular weight excluding hydrogens is 340 g/mol. The van der Waals surface area contributed by atoms with Gasteiger partial charge >= 0.3 is 0 Å². The first-order chi connectivity index (χ1) is 12.0. The summed E-state index contributed by atoms with van der Waals surface area (Å²) in [4.78, 5) is 6.52. The van der Waals surface area contributed by atoms with E-state index in [1.165, 1.54) is 0 Å². The summed E-state index contributed by atoms with van der Waals surface area (Å²) in [5.74, 6) is 2.13. The standard InChI is InChI=1S/C17H22N4O3S/c1-13-18-17(24-19-13)11-20-7-15-9-21(10-16(15)8-20)25(22,23)12-14-5-3-2-4-6-14/h2-6,15-16H,7-12H2,1H3. The van der Waals surface area contributed by atoms with Crippen molar-refractivity contribution >= 4 is 10.0 Å². The lowest BCUT2D eigenvalue weighted by Gasteiger charge is -2.20. The Balaban J connectivity index is 1.35. The van der Waals surface area contributed by atoms with Gasteiger partial charge in [-0.3, -0.25) is 4.90 Å². The van der Waals surface area contributed by atoms with Gasteiger partial charge in [-0.25, -0.2) is 12.7 Å². The highest BCUT2D eigenvalue weighted by atomic mass is 32.2. The number of benzene rings is 1. The van der Waals surface area contributed by atoms with Crippen LogP contribution < -0.4 is 0 Å². The van der Waals surface area contributed by atoms with Gasteiger partial charge < -0.3 is 4.52 Å². The molecule has 2 saturated heterocycles. The van der Waals surface area contributed by atoms with Gasteiger partial charge in [0.25, 0.3) is 0 Å². The average molecular weight is 362 g/mol. The van der Waals surface area contributed by atoms with Crippen LogP contribution in [0.15, 0.2) is 34.9 Å². The topological polar surface area (TPSA) is 79.5 Å². The third-order valence-corrected chi connectivity index (χ3v) is 6.83. The molecule has 0 bridgehead atoms. The van der Waals surface area contributed by atoms with E-state index in [-0.39, 0.29) is 5.75 Å². The minimum Gasteiger partial charge on any atom is -0.338 e. The molecule has 7 nitrogen and oxygen atoms in total. The van der Waals surface area contributed by atoms with Crippen molar-refractivity contribution in [2.45, 2.75) is 19.2 Å². The van der Waals surface area contributed by atoms with Crippen LogP contribution in [0.25, 0.3) is 0 Å². The number of hydrogen-bond donors (Lipinski definition) is 0. The summed E-state index contributed by atoms with van der Waals surface area (Å²) >= 11 is 0. The highest BCUT2D eigenvalue weighted by Gasteiger charge is 2.43. The minimum absolute atomic E-state index is 0.0816. The summed E-state index contributed by atoms with van der Waals surface area (Å²) in [6.07, 6.45) is 0. The zero-order valence-corrected chi connectivity index (χ0v) is 15.0. The van der Waals surface area contributed by atoms with Crippen molar-refractivity contribution in [1.29, 1.82) is 0 Å². The number of hydrogen-bond acceptors (Lipinski definition) is 6. The van der Waals surface area contributed by atoms with Crippen LogP contribution in [0.1, 0.15) is 17.3 Å². The number of nitrogens with zero attached hydrogens (tertiary/aromatic N) is 4. The lowest BCUT2D eigenvalue weighted by atomic mass is 10.0. The first kappa shape index (κ1) is 16.7. The zero-order valence-electron chi connectivity index (χ0n) is 14.2. The third kappa shape index (κ3) is 3.61. The fourth-order valence-electron chi connectivity index (χ4n) is 3.88. The summed E-state index contributed by atoms with van der Waals surface area (Å²) in [7, 11) is -3.25. The Morgan fingerprint density at radius 1 is 1.12 bits per heavy atom. The van der Waals surface area contributed by atoms with E-state index in [4.69, 9.17) is 4.52 Å². The van der Waals surface area contributed by atoms with Gasteiger partial charge in [-0.1, -0.05) is 35.5 Å². The molecule has 2 aliphatic rings. The van der Waals surface area contributed by atoms with Gasteiger partial charge in [0.05, 0.1) is 12.3 Å². The Labute approximate surface area is 147 Å². The lowest BCUT2D eigenvalue weighted by molar-refractivity contribution is 0.245. The maximum Gasteiger partial charge on any atom is 0.240 e. The van der Waals surface area contributed by atoms with E-state index in [1.54, 1.807) is 11.2 Å². The van der Waals surface area contributed by atoms with Gasteiger partial charge in [-0.2, -0.15) is 4.98 Å². The highest BCUT2D eigenvalue weighted by Crippen LogP contribution is 2.33. The Hall–Kier alpha value is -1.77. The fraction of sp³-hybridized carbons (Fsp3) is 0.529. The molecule has 2 unspecified atom stereocenters. The van der Waals surface area contributed by atoms with Crippen molar-refractivity contribution in [2.75, 3.05) is 26.2 Å². The Bertz CT molecular complexity index is 823. The average Bonchev–Trinajstić information content (AvgIpc) is 3.23. The van der Waals surface area contributed by atoms with E-state index in [2.05, 4.69) is 15.0 Å². The Morgan fingerprint density at radius 3 is 2.40 bits per heavy atom. The van der Waals surface area contributed by atoms with Crippen LogP contribution in [0.4, 0.5) is 0 Å². The van der Waals surface area contributed by atoms with Gasteiger partial charge in [0.2, 0.25) is 15.9 Å². The van der Waals surface area contributed by atoms with Crippen LogP contribution in [-0.4, -0.2) is 53.9 Å². The predicted molar refractivity (Wildman–Crippen MR) is 91.9 cm³/mol. The summed E-state index contributed by atoms with van der Waals surface area (Å²) in [6, 6.07) is 9.38. The molecule has 25 heavy (non-hydrogen) atoms. The molecule has 0 N–H and O–H groups in total. The number of sulfonamides is 1. The van der Waals surface area contributed by atoms with Crippen LogP contribution in [0, 0.1) is 18.8 Å². The molecule has 0 spiro atoms. The summed E-state index contributed by atoms with van der Waals surface area (Å²) in [6.45, 7) is 5.43. The number of likely N-dealkylation sites (tertiary alicyclic amines) is 1. The van der Waals surface area contributed by atoms with Crippen molar-refractivity contribution in [3.63, 3.8) is 0 Å². The molecule has 134 valence electrons. The van der Waals surface area contributed by atoms with E-state index in [9.17, 15) is 8.42 Å². The molecule has 1 aromatic carbocycles. The molecule has 0 amide bonds. The van der Waals surface area contributed by atoms with E-state index >= 15 is 0 Å². The maximum absolute atomic E-state index is 12.7. The quantitative estimate of drug-likeness (QED) is 0.797. The van der Waals surface area contributed by atoms with E-state index in [0.29, 0.717) is 43.2 Å². The van der Waals surface area contributed by atoms with Crippen molar-refractivity contribution in [3.05, 3.63) is 47.6 Å². The van der Waals surface area contributed by atoms with Gasteiger partial charge in [0.1, 0.15) is 0 Å². The second-order valence-electron chi connectivity index (χ2n) is 7.01. The summed E-state index contributed by atoms with van der Waals surface area (Å²) in [5, 5.41) is 3.81. The van der Waals surface area contributed by atoms with Crippen LogP contribution in [-0.2, 0) is 22.3 Å². The van der Waals surface area contributed by atoms with Crippen LogP contribution in [0.2, 0.25) is 0 Å². The zero-order chi connectivity index (χ0) is 17.4. The molecule has 3 heterocycles. The number of aryl methyl sites for hydroxylation is 1. The lowest BCUT2D eigenvalue weighted by Crippen LogP contribution is -2.34. The first-order valence-electron chi connectivity index (χ1n) is 8.53. The molecule has 1 aromatic heterocycles. The molecule has 2 atom stereocenters. The Kier molecular flexibility index (Phi) is 4.35. The van der Waals surface area contributed by atoms with Crippen LogP contribution >= 0.6 is 0 Å². The molecule has 0 radical (unpaired) electrons. The largest absolute Gasteiger partial charge is 0.338 e. The van der Waals surface area contributed by atoms with Gasteiger partial charge in [-0.05, 0) is 24.3 Å². The van der Waals surface area contributed by atoms with Crippen molar-refractivity contribution < 1.29 is 12.9 Å². The highest BCUT2D eigenvalue weighted by molar-refractivity contribution is 7.88. The molecule has 8 heteroatoms. The van der Waals surface area contributed by atoms with E-state index in [0.717, 1.165) is 18.7 Å². The molecule has 2 aromatic rings. The molecule has 2 aliphatic heterocycles. The van der Waals surface area contributed by atoms with Crippen molar-refractivity contribution in [3.8, 4) is 0 Å². The van der Waals surface area contributed by atoms with Gasteiger partial charge in [-0.15, -0.1) is 0 Å². The van der Waals surface area contributed by atoms with Crippen molar-refractivity contribution in [2.24, 2.45) is 11.8 Å². The van der Waals surface area contributed by atoms with Crippen molar-refractivity contribution in [1.82, 2.24) is 19.3 Å². The summed E-state index contributed by atoms with van der Waals surface area (Å²) in [5.41, 5.74) is 0.841. The number of fused-ring (bicyclic) bond motifs is 1. The minimum atomic E-state index is -3.25. The first-order valence-corrected chi connectivity index (χ1v) is 10.1. The molecule has 2 fully saturated rings. The van der Waals surface area contributed by atoms with E-state index < -0.39 is 10.0 Å². The molecule has 4 rings (SSSR count). The predicted octanol–water partition coefficient (Wildman–Crippen LogP) is 1.27. The van der Waals surface area contributed by atoms with Crippen LogP contribution in [0.5, 0.6) is 0 Å². The molecule has 0 aliphatic carbocycles. The normalized spacial score (nSPS) is 24.7. The SMILES string of the molecule is Cc1noc(CN2CC3CN(S(=O)(=O)Cc4ccccc4)CC3C2)n1. The van der Waals surface area contributed by atoms with Gasteiger partial charge in [0.15, 0.2) is 5.82 Å². The Morgan fingerprint density at radius 2 is 1.80 bits per heavy atom. The molecule has 0 saturated carbocycles. The van der Waals surface area contributed by atoms with E-state index in [1.807, 2.05) is 30.3 Å². The second kappa shape index (κ2) is 6.51. The van der Waals surface area contributed by atoms with Crippen LogP contribution in [0.3, 0.4) is 0 Å². The number of aromatic nitrogens is 2. The number of rotatable bonds is 5. The third-order valence-electron chi connectivity index (χ3n) is 5.04. The second-order valence-corrected chi connectivity index (χ2v) is 8.98. The smallest absolute Gasteiger partial charge is 0.240 e. The fourth-order valence-corrected chi connectivity index (χ4v) is 5.51. The summed E-state index contributed by atoms with van der Waals surface area (Å²) < 4.78 is 32.2.